The SMILES string of the molecule is C1=NCC[N-]C1C1CNCC[N-]1.O=c1c(O)c(O)c(=O)c1=O.[Cu+2].[OH3+]. The molecule has 1 aromatic carbocycles. The van der Waals surface area contributed by atoms with Crippen molar-refractivity contribution >= 4 is 6.21 Å². The molecule has 6 N–H and O–H groups in total. The smallest absolute Gasteiger partial charge is 0.658 e. The number of nitrogens with one attached hydrogen (secondary N) is 1. The summed E-state index contributed by atoms with van der Waals surface area (Å²) in [5.74, 6) is -2.31. The molecule has 2 unspecified atom stereocenters. The Hall–Kier alpha value is -1.62. The largest absolute Gasteiger partial charge is 2.00 e. The van der Waals surface area contributed by atoms with Crippen LogP contribution in [0, 0.1) is 0 Å². The second kappa shape index (κ2) is 10.3. The van der Waals surface area contributed by atoms with Gasteiger partial charge in [-0.05, 0) is 19.3 Å². The molecule has 0 amide bonds. The number of hydrogen-bond acceptors (Lipinski definition) is 7. The van der Waals surface area contributed by atoms with Gasteiger partial charge < -0.3 is 36.6 Å². The van der Waals surface area contributed by atoms with E-state index in [0.717, 1.165) is 32.7 Å². The molecule has 0 spiro atoms. The van der Waals surface area contributed by atoms with Crippen molar-refractivity contribution < 1.29 is 32.8 Å². The molecule has 0 saturated carbocycles. The van der Waals surface area contributed by atoms with Gasteiger partial charge in [0.2, 0.25) is 11.5 Å². The topological polar surface area (TPSA) is 177 Å². The quantitative estimate of drug-likeness (QED) is 0.266. The predicted molar refractivity (Wildman–Crippen MR) is 86.1 cm³/mol. The first-order valence-corrected chi connectivity index (χ1v) is 6.81. The zero-order chi connectivity index (χ0) is 16.1. The molecule has 10 nitrogen and oxygen atoms in total. The third kappa shape index (κ3) is 5.20. The maximum Gasteiger partial charge on any atom is 2.00 e. The summed E-state index contributed by atoms with van der Waals surface area (Å²) in [5.41, 5.74) is -4.08. The third-order valence-corrected chi connectivity index (χ3v) is 3.29. The molecule has 11 heteroatoms. The van der Waals surface area contributed by atoms with Crippen LogP contribution in [0.15, 0.2) is 19.4 Å². The van der Waals surface area contributed by atoms with Gasteiger partial charge >= 0.3 is 17.1 Å². The summed E-state index contributed by atoms with van der Waals surface area (Å²) in [5, 5.41) is 29.2. The minimum Gasteiger partial charge on any atom is -0.658 e. The Bertz CT molecular complexity index is 645. The van der Waals surface area contributed by atoms with Crippen molar-refractivity contribution in [1.29, 1.82) is 0 Å². The zero-order valence-corrected chi connectivity index (χ0v) is 13.5. The van der Waals surface area contributed by atoms with Gasteiger partial charge in [0, 0.05) is 6.54 Å². The van der Waals surface area contributed by atoms with E-state index in [9.17, 15) is 14.4 Å². The third-order valence-electron chi connectivity index (χ3n) is 3.29. The van der Waals surface area contributed by atoms with E-state index >= 15 is 0 Å². The first-order valence-electron chi connectivity index (χ1n) is 6.81. The van der Waals surface area contributed by atoms with Crippen LogP contribution < -0.4 is 21.6 Å². The molecular weight excluding hydrogens is 372 g/mol. The molecule has 0 aromatic heterocycles. The van der Waals surface area contributed by atoms with E-state index in [1.54, 1.807) is 0 Å². The fourth-order valence-electron chi connectivity index (χ4n) is 2.10. The standard InChI is InChI=1S/C8H14N4.C5H2O5.Cu.H2O/c1-3-11-7(5-9-1)8-6-10-2-4-12-8;6-1-2(7)4(9)5(10)3(1)8;;/h5,7-8,10H,1-4,6H2;6-7H;;1H2/q-2;;+2;/p+1. The average molecular weight is 391 g/mol. The van der Waals surface area contributed by atoms with Crippen molar-refractivity contribution in [3.05, 3.63) is 41.3 Å². The van der Waals surface area contributed by atoms with Crippen LogP contribution in [0.25, 0.3) is 10.6 Å². The van der Waals surface area contributed by atoms with Gasteiger partial charge in [-0.25, -0.2) is 0 Å². The molecular formula is C13H19CuN4O6+. The Morgan fingerprint density at radius 1 is 1.04 bits per heavy atom. The van der Waals surface area contributed by atoms with Crippen molar-refractivity contribution in [3.63, 3.8) is 0 Å². The molecule has 1 saturated heterocycles. The van der Waals surface area contributed by atoms with Crippen LogP contribution in [-0.2, 0) is 22.5 Å². The number of rotatable bonds is 1. The summed E-state index contributed by atoms with van der Waals surface area (Å²) in [4.78, 5) is 35.1. The fraction of sp³-hybridized carbons (Fsp3) is 0.538. The van der Waals surface area contributed by atoms with E-state index in [-0.39, 0.29) is 28.6 Å². The van der Waals surface area contributed by atoms with E-state index in [4.69, 9.17) is 10.2 Å². The molecule has 1 radical (unpaired) electrons. The van der Waals surface area contributed by atoms with Crippen molar-refractivity contribution in [2.75, 3.05) is 32.7 Å². The molecule has 2 atom stereocenters. The fourth-order valence-corrected chi connectivity index (χ4v) is 2.10. The van der Waals surface area contributed by atoms with E-state index in [1.807, 2.05) is 6.21 Å². The Morgan fingerprint density at radius 2 is 1.67 bits per heavy atom. The van der Waals surface area contributed by atoms with Gasteiger partial charge in [0.25, 0.3) is 16.3 Å². The molecule has 1 aromatic rings. The van der Waals surface area contributed by atoms with Gasteiger partial charge in [-0.2, -0.15) is 0 Å². The number of piperazine rings is 1. The zero-order valence-electron chi connectivity index (χ0n) is 12.6. The molecule has 2 aliphatic rings. The normalized spacial score (nSPS) is 22.5. The summed E-state index contributed by atoms with van der Waals surface area (Å²) in [6.45, 7) is 4.62. The van der Waals surface area contributed by atoms with Crippen molar-refractivity contribution in [3.8, 4) is 11.5 Å². The predicted octanol–water partition coefficient (Wildman–Crippen LogP) is -2.71. The Kier molecular flexibility index (Phi) is 9.59. The van der Waals surface area contributed by atoms with Crippen LogP contribution in [0.4, 0.5) is 0 Å². The summed E-state index contributed by atoms with van der Waals surface area (Å²) in [6.07, 6.45) is 1.95. The van der Waals surface area contributed by atoms with Gasteiger partial charge in [0.05, 0.1) is 0 Å². The molecule has 0 aliphatic carbocycles. The molecule has 2 heterocycles. The molecule has 2 aliphatic heterocycles. The van der Waals surface area contributed by atoms with E-state index < -0.39 is 27.8 Å². The minimum absolute atomic E-state index is 0. The molecule has 24 heavy (non-hydrogen) atoms. The number of hydrogen-bond donors (Lipinski definition) is 3. The van der Waals surface area contributed by atoms with Gasteiger partial charge in [0.1, 0.15) is 0 Å². The van der Waals surface area contributed by atoms with E-state index in [2.05, 4.69) is 20.9 Å². The van der Waals surface area contributed by atoms with Crippen LogP contribution in [0.3, 0.4) is 0 Å². The number of aliphatic imine (C=N–C) groups is 1. The van der Waals surface area contributed by atoms with Crippen LogP contribution in [0.5, 0.6) is 11.5 Å². The molecule has 3 rings (SSSR count). The first-order chi connectivity index (χ1) is 10.5. The van der Waals surface area contributed by atoms with Gasteiger partial charge in [-0.15, -0.1) is 25.2 Å². The molecule has 137 valence electrons. The first kappa shape index (κ1) is 22.4. The Morgan fingerprint density at radius 3 is 2.04 bits per heavy atom. The Balaban J connectivity index is 0.000000413. The van der Waals surface area contributed by atoms with Crippen LogP contribution in [0.1, 0.15) is 0 Å². The second-order valence-electron chi connectivity index (χ2n) is 4.81. The average Bonchev–Trinajstić information content (AvgIpc) is 2.75. The van der Waals surface area contributed by atoms with E-state index in [1.165, 1.54) is 0 Å². The van der Waals surface area contributed by atoms with Gasteiger partial charge in [-0.1, -0.05) is 0 Å². The van der Waals surface area contributed by atoms with Crippen LogP contribution in [-0.4, -0.2) is 61.2 Å². The maximum absolute atomic E-state index is 10.3. The Labute approximate surface area is 147 Å². The van der Waals surface area contributed by atoms with Crippen molar-refractivity contribution in [1.82, 2.24) is 5.32 Å². The summed E-state index contributed by atoms with van der Waals surface area (Å²) >= 11 is 0. The van der Waals surface area contributed by atoms with Gasteiger partial charge in [0.15, 0.2) is 0 Å². The van der Waals surface area contributed by atoms with E-state index in [0.29, 0.717) is 6.04 Å². The summed E-state index contributed by atoms with van der Waals surface area (Å²) in [6, 6.07) is 0.578. The van der Waals surface area contributed by atoms with Gasteiger partial charge in [-0.3, -0.25) is 14.4 Å². The maximum atomic E-state index is 10.3. The van der Waals surface area contributed by atoms with Crippen molar-refractivity contribution in [2.24, 2.45) is 4.99 Å². The second-order valence-corrected chi connectivity index (χ2v) is 4.81. The summed E-state index contributed by atoms with van der Waals surface area (Å²) in [7, 11) is 0. The summed E-state index contributed by atoms with van der Waals surface area (Å²) < 4.78 is 0. The minimum atomic E-state index is -1.39. The monoisotopic (exact) mass is 390 g/mol. The number of nitrogens with zero attached hydrogens (tertiary/aromatic N) is 3. The van der Waals surface area contributed by atoms with Crippen LogP contribution >= 0.6 is 0 Å². The van der Waals surface area contributed by atoms with Crippen LogP contribution in [0.2, 0.25) is 0 Å². The molecule has 0 bridgehead atoms. The number of aromatic hydroxyl groups is 2. The van der Waals surface area contributed by atoms with Crippen molar-refractivity contribution in [2.45, 2.75) is 12.1 Å². The molecule has 1 fully saturated rings.